The molecule has 0 saturated heterocycles. The highest BCUT2D eigenvalue weighted by molar-refractivity contribution is 5.90. The van der Waals surface area contributed by atoms with E-state index < -0.39 is 18.0 Å². The molecule has 0 spiro atoms. The molecular weight excluding hydrogens is 384 g/mol. The van der Waals surface area contributed by atoms with E-state index in [4.69, 9.17) is 14.2 Å². The van der Waals surface area contributed by atoms with Crippen molar-refractivity contribution in [2.24, 2.45) is 0 Å². The average molecular weight is 404 g/mol. The monoisotopic (exact) mass is 404 g/mol. The van der Waals surface area contributed by atoms with E-state index in [2.05, 4.69) is 10.3 Å². The van der Waals surface area contributed by atoms with Crippen LogP contribution in [0.3, 0.4) is 0 Å². The van der Waals surface area contributed by atoms with Crippen molar-refractivity contribution in [1.29, 1.82) is 0 Å². The molecule has 1 aromatic heterocycles. The number of amides is 1. The number of carbonyl (C=O) groups is 2. The number of pyridine rings is 1. The fraction of sp³-hybridized carbons (Fsp3) is 0.174. The van der Waals surface area contributed by atoms with E-state index >= 15 is 0 Å². The first-order valence-corrected chi connectivity index (χ1v) is 9.49. The third kappa shape index (κ3) is 4.57. The zero-order valence-corrected chi connectivity index (χ0v) is 16.3. The fourth-order valence-electron chi connectivity index (χ4n) is 2.98. The summed E-state index contributed by atoms with van der Waals surface area (Å²) < 4.78 is 15.7. The van der Waals surface area contributed by atoms with Crippen LogP contribution < -0.4 is 14.8 Å². The van der Waals surface area contributed by atoms with E-state index in [1.165, 1.54) is 13.0 Å². The third-order valence-corrected chi connectivity index (χ3v) is 4.58. The molecule has 30 heavy (non-hydrogen) atoms. The third-order valence-electron chi connectivity index (χ3n) is 4.58. The normalized spacial score (nSPS) is 13.4. The van der Waals surface area contributed by atoms with Gasteiger partial charge < -0.3 is 19.5 Å². The Morgan fingerprint density at radius 2 is 1.97 bits per heavy atom. The second kappa shape index (κ2) is 8.65. The number of benzene rings is 2. The van der Waals surface area contributed by atoms with Crippen LogP contribution in [0.25, 0.3) is 17.0 Å². The molecule has 4 rings (SSSR count). The highest BCUT2D eigenvalue weighted by Gasteiger charge is 2.17. The van der Waals surface area contributed by atoms with Gasteiger partial charge in [-0.15, -0.1) is 0 Å². The lowest BCUT2D eigenvalue weighted by Crippen LogP contribution is -2.35. The number of nitrogens with zero attached hydrogens (tertiary/aromatic N) is 1. The number of hydrogen-bond donors (Lipinski definition) is 1. The van der Waals surface area contributed by atoms with Gasteiger partial charge in [-0.2, -0.15) is 0 Å². The second-order valence-electron chi connectivity index (χ2n) is 6.75. The van der Waals surface area contributed by atoms with Crippen LogP contribution in [0.2, 0.25) is 0 Å². The standard InChI is InChI=1S/C23H20N2O5/c1-15(23(27)24-13-16-6-10-20-21(12-16)29-14-28-20)30-22(26)11-9-18-8-7-17-4-2-3-5-19(17)25-18/h2-12,15H,13-14H2,1H3,(H,24,27)/b11-9+/t15-/m1/s1. The maximum Gasteiger partial charge on any atom is 0.331 e. The van der Waals surface area contributed by atoms with Gasteiger partial charge in [0.25, 0.3) is 5.91 Å². The number of aromatic nitrogens is 1. The minimum absolute atomic E-state index is 0.195. The SMILES string of the molecule is C[C@@H](OC(=O)/C=C/c1ccc2ccccc2n1)C(=O)NCc1ccc2c(c1)OCO2. The lowest BCUT2D eigenvalue weighted by Gasteiger charge is -2.12. The van der Waals surface area contributed by atoms with Gasteiger partial charge in [0.15, 0.2) is 17.6 Å². The molecule has 7 heteroatoms. The van der Waals surface area contributed by atoms with Crippen molar-refractivity contribution in [2.75, 3.05) is 6.79 Å². The maximum absolute atomic E-state index is 12.2. The summed E-state index contributed by atoms with van der Waals surface area (Å²) in [5.41, 5.74) is 2.32. The van der Waals surface area contributed by atoms with Crippen LogP contribution in [-0.2, 0) is 20.9 Å². The molecule has 3 aromatic rings. The predicted molar refractivity (Wildman–Crippen MR) is 111 cm³/mol. The number of para-hydroxylation sites is 1. The van der Waals surface area contributed by atoms with Crippen molar-refractivity contribution >= 4 is 28.9 Å². The van der Waals surface area contributed by atoms with Crippen molar-refractivity contribution in [2.45, 2.75) is 19.6 Å². The smallest absolute Gasteiger partial charge is 0.331 e. The quantitative estimate of drug-likeness (QED) is 0.501. The van der Waals surface area contributed by atoms with Crippen molar-refractivity contribution in [1.82, 2.24) is 10.3 Å². The van der Waals surface area contributed by atoms with E-state index in [0.717, 1.165) is 16.5 Å². The Bertz CT molecular complexity index is 1130. The van der Waals surface area contributed by atoms with Crippen molar-refractivity contribution in [3.63, 3.8) is 0 Å². The average Bonchev–Trinajstić information content (AvgIpc) is 3.23. The number of carbonyl (C=O) groups excluding carboxylic acids is 2. The van der Waals surface area contributed by atoms with E-state index in [1.54, 1.807) is 18.2 Å². The van der Waals surface area contributed by atoms with Crippen LogP contribution in [0.4, 0.5) is 0 Å². The van der Waals surface area contributed by atoms with Gasteiger partial charge in [-0.05, 0) is 42.8 Å². The van der Waals surface area contributed by atoms with Gasteiger partial charge >= 0.3 is 5.97 Å². The molecule has 1 N–H and O–H groups in total. The number of rotatable bonds is 6. The van der Waals surface area contributed by atoms with E-state index in [-0.39, 0.29) is 13.3 Å². The number of fused-ring (bicyclic) bond motifs is 2. The Morgan fingerprint density at radius 1 is 1.13 bits per heavy atom. The molecule has 2 heterocycles. The summed E-state index contributed by atoms with van der Waals surface area (Å²) in [6, 6.07) is 16.9. The maximum atomic E-state index is 12.2. The van der Waals surface area contributed by atoms with Gasteiger partial charge in [0.1, 0.15) is 0 Å². The molecule has 0 saturated carbocycles. The van der Waals surface area contributed by atoms with Gasteiger partial charge in [0.05, 0.1) is 11.2 Å². The molecule has 2 aromatic carbocycles. The van der Waals surface area contributed by atoms with Gasteiger partial charge in [-0.1, -0.05) is 30.3 Å². The lowest BCUT2D eigenvalue weighted by atomic mass is 10.2. The van der Waals surface area contributed by atoms with Crippen LogP contribution in [0, 0.1) is 0 Å². The predicted octanol–water partition coefficient (Wildman–Crippen LogP) is 3.22. The highest BCUT2D eigenvalue weighted by atomic mass is 16.7. The van der Waals surface area contributed by atoms with Crippen LogP contribution in [0.1, 0.15) is 18.2 Å². The largest absolute Gasteiger partial charge is 0.454 e. The van der Waals surface area contributed by atoms with Crippen molar-refractivity contribution < 1.29 is 23.8 Å². The summed E-state index contributed by atoms with van der Waals surface area (Å²) in [4.78, 5) is 28.7. The highest BCUT2D eigenvalue weighted by Crippen LogP contribution is 2.32. The number of nitrogens with one attached hydrogen (secondary N) is 1. The van der Waals surface area contributed by atoms with Gasteiger partial charge in [-0.25, -0.2) is 9.78 Å². The summed E-state index contributed by atoms with van der Waals surface area (Å²) in [5, 5.41) is 3.76. The topological polar surface area (TPSA) is 86.8 Å². The molecule has 0 aliphatic carbocycles. The summed E-state index contributed by atoms with van der Waals surface area (Å²) in [6.45, 7) is 2.00. The molecule has 0 fully saturated rings. The molecule has 1 aliphatic rings. The Labute approximate surface area is 173 Å². The molecule has 7 nitrogen and oxygen atoms in total. The molecule has 1 aliphatic heterocycles. The minimum Gasteiger partial charge on any atom is -0.454 e. The first-order valence-electron chi connectivity index (χ1n) is 9.49. The summed E-state index contributed by atoms with van der Waals surface area (Å²) in [6.07, 6.45) is 1.89. The zero-order valence-electron chi connectivity index (χ0n) is 16.3. The molecule has 0 radical (unpaired) electrons. The first-order chi connectivity index (χ1) is 14.6. The molecule has 1 atom stereocenters. The van der Waals surface area contributed by atoms with Gasteiger partial charge in [-0.3, -0.25) is 4.79 Å². The van der Waals surface area contributed by atoms with Crippen molar-refractivity contribution in [3.05, 3.63) is 71.9 Å². The summed E-state index contributed by atoms with van der Waals surface area (Å²) in [5.74, 6) is 0.322. The molecule has 152 valence electrons. The Kier molecular flexibility index (Phi) is 5.61. The number of ether oxygens (including phenoxy) is 3. The van der Waals surface area contributed by atoms with Crippen LogP contribution in [0.5, 0.6) is 11.5 Å². The molecule has 0 bridgehead atoms. The zero-order chi connectivity index (χ0) is 20.9. The molecule has 1 amide bonds. The van der Waals surface area contributed by atoms with Crippen molar-refractivity contribution in [3.8, 4) is 11.5 Å². The van der Waals surface area contributed by atoms with E-state index in [9.17, 15) is 9.59 Å². The Morgan fingerprint density at radius 3 is 2.87 bits per heavy atom. The Hall–Kier alpha value is -3.87. The first kappa shape index (κ1) is 19.4. The lowest BCUT2D eigenvalue weighted by molar-refractivity contribution is -0.150. The Balaban J connectivity index is 1.28. The summed E-state index contributed by atoms with van der Waals surface area (Å²) in [7, 11) is 0. The number of esters is 1. The minimum atomic E-state index is -0.930. The van der Waals surface area contributed by atoms with E-state index in [1.807, 2.05) is 42.5 Å². The molecular formula is C23H20N2O5. The van der Waals surface area contributed by atoms with E-state index in [0.29, 0.717) is 17.2 Å². The number of hydrogen-bond acceptors (Lipinski definition) is 6. The van der Waals surface area contributed by atoms with Crippen LogP contribution in [0.15, 0.2) is 60.7 Å². The van der Waals surface area contributed by atoms with Gasteiger partial charge in [0.2, 0.25) is 6.79 Å². The summed E-state index contributed by atoms with van der Waals surface area (Å²) >= 11 is 0. The fourth-order valence-corrected chi connectivity index (χ4v) is 2.98. The second-order valence-corrected chi connectivity index (χ2v) is 6.75. The van der Waals surface area contributed by atoms with Gasteiger partial charge in [0, 0.05) is 18.0 Å². The molecule has 0 unspecified atom stereocenters. The van der Waals surface area contributed by atoms with Crippen LogP contribution in [-0.4, -0.2) is 29.8 Å². The van der Waals surface area contributed by atoms with Crippen LogP contribution >= 0.6 is 0 Å².